The van der Waals surface area contributed by atoms with Crippen molar-refractivity contribution in [2.45, 2.75) is 108 Å². The Morgan fingerprint density at radius 2 is 1.57 bits per heavy atom. The van der Waals surface area contributed by atoms with Gasteiger partial charge in [0.05, 0.1) is 24.4 Å². The van der Waals surface area contributed by atoms with Gasteiger partial charge in [0.1, 0.15) is 19.0 Å². The van der Waals surface area contributed by atoms with Gasteiger partial charge in [-0.25, -0.2) is 4.79 Å². The van der Waals surface area contributed by atoms with Gasteiger partial charge in [-0.05, 0) is 104 Å². The summed E-state index contributed by atoms with van der Waals surface area (Å²) in [6.45, 7) is 6.89. The van der Waals surface area contributed by atoms with Crippen molar-refractivity contribution >= 4 is 80.4 Å². The van der Waals surface area contributed by atoms with Crippen molar-refractivity contribution in [1.82, 2.24) is 5.06 Å². The van der Waals surface area contributed by atoms with E-state index in [4.69, 9.17) is 24.0 Å². The maximum absolute atomic E-state index is 14.2. The minimum Gasteiger partial charge on any atom is -0.493 e. The molecule has 1 saturated heterocycles. The Balaban J connectivity index is 0.824. The van der Waals surface area contributed by atoms with Gasteiger partial charge in [-0.2, -0.15) is 16.3 Å². The molecule has 5 aromatic rings. The summed E-state index contributed by atoms with van der Waals surface area (Å²) in [6, 6.07) is 27.9. The summed E-state index contributed by atoms with van der Waals surface area (Å²) in [4.78, 5) is 75.8. The van der Waals surface area contributed by atoms with Gasteiger partial charge in [0.2, 0.25) is 11.8 Å². The van der Waals surface area contributed by atoms with E-state index in [9.17, 15) is 24.0 Å². The number of methoxy groups -OCH3 is 1. The lowest BCUT2D eigenvalue weighted by Crippen LogP contribution is -2.43. The van der Waals surface area contributed by atoms with Crippen LogP contribution >= 0.6 is 33.3 Å². The number of hydrogen-bond donors (Lipinski definition) is 0. The number of hydroxylamine groups is 2. The number of carbonyl (C=O) groups excluding carboxylic acids is 5. The van der Waals surface area contributed by atoms with E-state index in [-0.39, 0.29) is 66.9 Å². The topological polar surface area (TPSA) is 145 Å². The van der Waals surface area contributed by atoms with Crippen molar-refractivity contribution in [3.63, 3.8) is 0 Å². The van der Waals surface area contributed by atoms with E-state index in [0.29, 0.717) is 51.3 Å². The number of carbonyl (C=O) groups is 5. The maximum atomic E-state index is 14.2. The lowest BCUT2D eigenvalue weighted by Gasteiger charge is -2.23. The number of para-hydroxylation sites is 1. The second-order valence-corrected chi connectivity index (χ2v) is 23.7. The van der Waals surface area contributed by atoms with E-state index < -0.39 is 17.8 Å². The monoisotopic (exact) mass is 1030 g/mol. The first-order chi connectivity index (χ1) is 34.8. The summed E-state index contributed by atoms with van der Waals surface area (Å²) in [5.74, 6) is 2.81. The number of imide groups is 1. The van der Waals surface area contributed by atoms with E-state index in [0.717, 1.165) is 76.3 Å². The van der Waals surface area contributed by atoms with Crippen molar-refractivity contribution < 1.29 is 47.6 Å². The molecule has 3 amide bonds. The molecular formula is C56H57N4O9S3+. The van der Waals surface area contributed by atoms with Crippen molar-refractivity contribution in [3.05, 3.63) is 141 Å². The number of aromatic nitrogens is 1. The lowest BCUT2D eigenvalue weighted by atomic mass is 9.93. The third kappa shape index (κ3) is 10.5. The molecule has 5 heterocycles. The first-order valence-corrected chi connectivity index (χ1v) is 28.0. The molecule has 10 rings (SSSR count). The number of ether oxygens (including phenoxy) is 3. The van der Waals surface area contributed by atoms with Crippen LogP contribution in [-0.2, 0) is 57.5 Å². The molecule has 13 nitrogen and oxygen atoms in total. The van der Waals surface area contributed by atoms with Gasteiger partial charge in [0.15, 0.2) is 23.4 Å². The van der Waals surface area contributed by atoms with E-state index in [2.05, 4.69) is 48.7 Å². The number of rotatable bonds is 18. The van der Waals surface area contributed by atoms with Crippen LogP contribution in [0.1, 0.15) is 112 Å². The largest absolute Gasteiger partial charge is 0.493 e. The molecular weight excluding hydrogens is 969 g/mol. The van der Waals surface area contributed by atoms with Crippen LogP contribution in [-0.4, -0.2) is 70.2 Å². The number of aliphatic imine (C=N–C) groups is 1. The Hall–Kier alpha value is -6.10. The van der Waals surface area contributed by atoms with Crippen LogP contribution in [0, 0.1) is 12.8 Å². The molecule has 16 heteroatoms. The van der Waals surface area contributed by atoms with Crippen LogP contribution in [0.3, 0.4) is 0 Å². The fourth-order valence-corrected chi connectivity index (χ4v) is 14.4. The molecule has 0 bridgehead atoms. The number of ketones is 1. The predicted molar refractivity (Wildman–Crippen MR) is 280 cm³/mol. The second kappa shape index (κ2) is 21.2. The van der Waals surface area contributed by atoms with Gasteiger partial charge in [0, 0.05) is 95.7 Å². The van der Waals surface area contributed by atoms with Crippen LogP contribution < -0.4 is 23.7 Å². The van der Waals surface area contributed by atoms with Crippen molar-refractivity contribution in [3.8, 4) is 17.2 Å². The number of aryl methyl sites for hydroxylation is 2. The summed E-state index contributed by atoms with van der Waals surface area (Å²) in [7, 11) is 5.06. The smallest absolute Gasteiger partial charge is 0.333 e. The Labute approximate surface area is 431 Å². The number of nitrogens with zero attached hydrogens (tertiary/aromatic N) is 4. The highest BCUT2D eigenvalue weighted by atomic mass is 33.1. The molecule has 0 N–H and O–H groups in total. The number of amides is 3. The normalized spacial score (nSPS) is 18.7. The predicted octanol–water partition coefficient (Wildman–Crippen LogP) is 10.1. The molecule has 0 saturated carbocycles. The van der Waals surface area contributed by atoms with Gasteiger partial charge in [0.25, 0.3) is 17.7 Å². The molecule has 4 aliphatic heterocycles. The third-order valence-corrected chi connectivity index (χ3v) is 18.8. The standard InChI is InChI=1S/C56H57N4O9S3/c1-34-20-44-45(57-29-42-24-39-10-5-6-12-46(39)59(42)55(44)65)28-47(34)67-30-35-21-36(23-37(22-35)32-70-33-56(2,3)72-71-19-9-13-52(63)69-60-50(61)16-17-51(60)62)31-68-49-26-38-14-15-40-25-41-11-7-8-18-58(41)53(40)54(64)43(38)27-48(49)66-4/h5-8,10-12,18,20-23,26-29,40,42,53H,9,13-17,19,24-25,30-33H2,1-4H3/q+1/t40-,42+,53?/m1/s1. The first kappa shape index (κ1) is 49.5. The number of thioether (sulfide) groups is 1. The highest BCUT2D eigenvalue weighted by Crippen LogP contribution is 2.42. The molecule has 1 unspecified atom stereocenters. The van der Waals surface area contributed by atoms with Crippen molar-refractivity contribution in [2.24, 2.45) is 10.9 Å². The Bertz CT molecular complexity index is 3000. The summed E-state index contributed by atoms with van der Waals surface area (Å²) in [5, 5.41) is 0.598. The van der Waals surface area contributed by atoms with Gasteiger partial charge >= 0.3 is 5.97 Å². The SMILES string of the molecule is COc1cc2c(cc1OCc1cc(COc3cc4c(cc3C)C(=O)N3c5ccccc5C[C@H]3C=N4)cc(CSCC(C)(C)SSCCCC(=O)ON3C(=O)CCC3=O)c1)CC[C@@H]1Cc3cccc[n+]3C1C2=O. The lowest BCUT2D eigenvalue weighted by molar-refractivity contribution is -0.705. The maximum Gasteiger partial charge on any atom is 0.333 e. The molecule has 1 fully saturated rings. The molecule has 5 aliphatic rings. The fraction of sp³-hybridized carbons (Fsp3) is 0.375. The Kier molecular flexibility index (Phi) is 14.5. The minimum atomic E-state index is -0.580. The van der Waals surface area contributed by atoms with Crippen LogP contribution in [0.5, 0.6) is 17.2 Å². The highest BCUT2D eigenvalue weighted by Gasteiger charge is 2.47. The van der Waals surface area contributed by atoms with Crippen molar-refractivity contribution in [2.75, 3.05) is 23.5 Å². The second-order valence-electron chi connectivity index (χ2n) is 19.6. The molecule has 4 aromatic carbocycles. The quantitative estimate of drug-likeness (QED) is 0.0357. The molecule has 0 spiro atoms. The molecule has 1 aliphatic carbocycles. The van der Waals surface area contributed by atoms with Gasteiger partial charge in [-0.3, -0.25) is 29.1 Å². The van der Waals surface area contributed by atoms with Gasteiger partial charge in [-0.15, -0.1) is 5.06 Å². The third-order valence-electron chi connectivity index (χ3n) is 13.8. The van der Waals surface area contributed by atoms with Gasteiger partial charge < -0.3 is 19.0 Å². The summed E-state index contributed by atoms with van der Waals surface area (Å²) < 4.78 is 21.1. The summed E-state index contributed by atoms with van der Waals surface area (Å²) in [6.07, 6.45) is 7.99. The van der Waals surface area contributed by atoms with E-state index in [1.54, 1.807) is 28.7 Å². The van der Waals surface area contributed by atoms with Crippen LogP contribution in [0.15, 0.2) is 96.1 Å². The number of anilines is 1. The number of benzene rings is 4. The number of fused-ring (bicyclic) bond motifs is 8. The molecule has 1 aromatic heterocycles. The van der Waals surface area contributed by atoms with Crippen LogP contribution in [0.2, 0.25) is 0 Å². The molecule has 372 valence electrons. The zero-order valence-electron chi connectivity index (χ0n) is 40.8. The molecule has 72 heavy (non-hydrogen) atoms. The van der Waals surface area contributed by atoms with E-state index in [1.807, 2.05) is 90.6 Å². The average molecular weight is 1030 g/mol. The first-order valence-electron chi connectivity index (χ1n) is 24.5. The van der Waals surface area contributed by atoms with Gasteiger partial charge in [-0.1, -0.05) is 58.0 Å². The average Bonchev–Trinajstić information content (AvgIpc) is 3.99. The fourth-order valence-electron chi connectivity index (χ4n) is 10.3. The minimum absolute atomic E-state index is 0.0682. The zero-order valence-corrected chi connectivity index (χ0v) is 43.3. The van der Waals surface area contributed by atoms with E-state index in [1.165, 1.54) is 5.69 Å². The van der Waals surface area contributed by atoms with Crippen LogP contribution in [0.4, 0.5) is 11.4 Å². The zero-order chi connectivity index (χ0) is 50.1. The summed E-state index contributed by atoms with van der Waals surface area (Å²) in [5.41, 5.74) is 9.93. The number of hydrogen-bond acceptors (Lipinski definition) is 13. The summed E-state index contributed by atoms with van der Waals surface area (Å²) >= 11 is 1.83. The Morgan fingerprint density at radius 3 is 2.36 bits per heavy atom. The van der Waals surface area contributed by atoms with Crippen LogP contribution in [0.25, 0.3) is 0 Å². The Morgan fingerprint density at radius 1 is 0.819 bits per heavy atom. The number of Topliss-reactive ketones (excluding diaryl/α,β-unsaturated/α-hetero) is 1. The number of pyridine rings is 1. The van der Waals surface area contributed by atoms with E-state index >= 15 is 0 Å². The molecule has 0 radical (unpaired) electrons. The van der Waals surface area contributed by atoms with Crippen molar-refractivity contribution in [1.29, 1.82) is 0 Å². The molecule has 3 atom stereocenters. The highest BCUT2D eigenvalue weighted by molar-refractivity contribution is 8.77.